The van der Waals surface area contributed by atoms with Crippen LogP contribution in [0.25, 0.3) is 0 Å². The summed E-state index contributed by atoms with van der Waals surface area (Å²) in [6.45, 7) is 17.4. The zero-order valence-electron chi connectivity index (χ0n) is 27.0. The highest BCUT2D eigenvalue weighted by Gasteiger charge is 2.30. The number of terminal acetylenes is 1. The largest absolute Gasteiger partial charge is 0.390 e. The smallest absolute Gasteiger partial charge is 0.254 e. The Hall–Kier alpha value is -3.09. The predicted molar refractivity (Wildman–Crippen MR) is 178 cm³/mol. The lowest BCUT2D eigenvalue weighted by molar-refractivity contribution is -0.147. The Morgan fingerprint density at radius 2 is 1.62 bits per heavy atom. The Labute approximate surface area is 260 Å². The Morgan fingerprint density at radius 3 is 2.05 bits per heavy atom. The summed E-state index contributed by atoms with van der Waals surface area (Å²) in [6.07, 6.45) is 7.12. The molecule has 0 saturated carbocycles. The van der Waals surface area contributed by atoms with Gasteiger partial charge in [0.25, 0.3) is 5.91 Å². The first kappa shape index (κ1) is 43.4. The van der Waals surface area contributed by atoms with Gasteiger partial charge < -0.3 is 31.5 Å². The van der Waals surface area contributed by atoms with Crippen molar-refractivity contribution >= 4 is 29.6 Å². The number of amides is 2. The number of nitrogens with two attached hydrogens (primary N) is 1. The molecule has 0 spiro atoms. The molecule has 0 aliphatic heterocycles. The van der Waals surface area contributed by atoms with Gasteiger partial charge in [-0.2, -0.15) is 0 Å². The van der Waals surface area contributed by atoms with Crippen molar-refractivity contribution in [1.29, 1.82) is 0 Å². The molecule has 2 aromatic rings. The first-order chi connectivity index (χ1) is 19.9. The number of hydrogen-bond acceptors (Lipinski definition) is 6. The number of hydrogen-bond donors (Lipinski definition) is 5. The summed E-state index contributed by atoms with van der Waals surface area (Å²) in [5.41, 5.74) is 7.53. The van der Waals surface area contributed by atoms with Gasteiger partial charge in [-0.3, -0.25) is 9.59 Å². The van der Waals surface area contributed by atoms with Crippen molar-refractivity contribution in [1.82, 2.24) is 10.2 Å². The lowest BCUT2D eigenvalue weighted by Gasteiger charge is -2.34. The first-order valence-electron chi connectivity index (χ1n) is 14.3. The van der Waals surface area contributed by atoms with E-state index < -0.39 is 18.1 Å². The number of aliphatic hydroxyl groups is 2. The fourth-order valence-electron chi connectivity index (χ4n) is 3.38. The molecule has 2 rings (SSSR count). The van der Waals surface area contributed by atoms with Crippen LogP contribution in [-0.4, -0.2) is 59.8 Å². The summed E-state index contributed by atoms with van der Waals surface area (Å²) < 4.78 is 0. The average molecular weight is 607 g/mol. The molecule has 238 valence electrons. The van der Waals surface area contributed by atoms with Crippen LogP contribution in [0.2, 0.25) is 5.02 Å². The van der Waals surface area contributed by atoms with Gasteiger partial charge in [0.15, 0.2) is 6.10 Å². The second kappa shape index (κ2) is 25.6. The molecule has 2 amide bonds. The molecule has 9 heteroatoms. The standard InChI is InChI=1S/C17H26ClNO3.C11H16N2O.C2H6.C2H2.CH5N/c1-5-17(3,4)11-19(16(22)15(21)12(2)20)10-13-7-6-8-14(18)9-13;1-3-12-11-6-4-10(5-7-11)9(2)13-8-14;3*1-2/h6-9,12,15,20-21H,5,10-11H2,1-4H3;4-9,12H,3H2,1-2H3,(H,13,14);1-2H3;1-2H;2H2,1H3/t12-,15+;9-;;;/m01.../s1. The second-order valence-corrected chi connectivity index (χ2v) is 10.1. The molecule has 0 radical (unpaired) electrons. The van der Waals surface area contributed by atoms with E-state index in [1.165, 1.54) is 14.0 Å². The minimum atomic E-state index is -1.41. The molecular formula is C33H55ClN4O4. The predicted octanol–water partition coefficient (Wildman–Crippen LogP) is 5.62. The monoisotopic (exact) mass is 606 g/mol. The number of carbonyl (C=O) groups excluding carboxylic acids is 2. The molecule has 0 aliphatic carbocycles. The molecule has 0 bridgehead atoms. The van der Waals surface area contributed by atoms with Gasteiger partial charge in [0.05, 0.1) is 12.1 Å². The minimum absolute atomic E-state index is 0.0724. The zero-order valence-corrected chi connectivity index (χ0v) is 27.8. The summed E-state index contributed by atoms with van der Waals surface area (Å²) in [5.74, 6) is -0.462. The van der Waals surface area contributed by atoms with Gasteiger partial charge >= 0.3 is 0 Å². The van der Waals surface area contributed by atoms with Crippen LogP contribution in [0.1, 0.15) is 79.0 Å². The topological polar surface area (TPSA) is 128 Å². The lowest BCUT2D eigenvalue weighted by atomic mass is 9.89. The van der Waals surface area contributed by atoms with Crippen molar-refractivity contribution in [3.05, 3.63) is 64.7 Å². The van der Waals surface area contributed by atoms with Crippen LogP contribution in [0.15, 0.2) is 48.5 Å². The Kier molecular flexibility index (Phi) is 26.4. The fourth-order valence-corrected chi connectivity index (χ4v) is 3.59. The van der Waals surface area contributed by atoms with E-state index in [-0.39, 0.29) is 11.5 Å². The SMILES string of the molecule is C#C.CC.CCC(C)(C)CN(Cc1cccc(Cl)c1)C(=O)[C@H](O)[C@H](C)O.CCNc1ccc([C@@H](C)NC=O)cc1.CN. The lowest BCUT2D eigenvalue weighted by Crippen LogP contribution is -2.46. The second-order valence-electron chi connectivity index (χ2n) is 9.69. The molecule has 0 unspecified atom stereocenters. The highest BCUT2D eigenvalue weighted by atomic mass is 35.5. The Bertz CT molecular complexity index is 982. The van der Waals surface area contributed by atoms with E-state index in [9.17, 15) is 19.8 Å². The van der Waals surface area contributed by atoms with Crippen molar-refractivity contribution in [2.45, 2.75) is 86.6 Å². The number of nitrogens with one attached hydrogen (secondary N) is 2. The van der Waals surface area contributed by atoms with Gasteiger partial charge in [-0.25, -0.2) is 0 Å². The Morgan fingerprint density at radius 1 is 1.07 bits per heavy atom. The van der Waals surface area contributed by atoms with Crippen LogP contribution in [0.3, 0.4) is 0 Å². The summed E-state index contributed by atoms with van der Waals surface area (Å²) in [5, 5.41) is 25.9. The van der Waals surface area contributed by atoms with Gasteiger partial charge in [-0.1, -0.05) is 70.5 Å². The van der Waals surface area contributed by atoms with E-state index in [1.807, 2.05) is 57.2 Å². The zero-order chi connectivity index (χ0) is 33.3. The van der Waals surface area contributed by atoms with Crippen LogP contribution >= 0.6 is 11.6 Å². The number of carbonyl (C=O) groups is 2. The van der Waals surface area contributed by atoms with E-state index in [4.69, 9.17) is 11.6 Å². The van der Waals surface area contributed by atoms with Crippen LogP contribution in [-0.2, 0) is 16.1 Å². The maximum absolute atomic E-state index is 12.5. The maximum atomic E-state index is 12.5. The Balaban J connectivity index is -0.000000653. The summed E-state index contributed by atoms with van der Waals surface area (Å²) in [7, 11) is 1.50. The van der Waals surface area contributed by atoms with Crippen LogP contribution < -0.4 is 16.4 Å². The maximum Gasteiger partial charge on any atom is 0.254 e. The number of anilines is 1. The van der Waals surface area contributed by atoms with Gasteiger partial charge in [0, 0.05) is 30.3 Å². The number of aliphatic hydroxyl groups excluding tert-OH is 2. The molecule has 0 aliphatic rings. The molecule has 0 fully saturated rings. The number of rotatable bonds is 12. The van der Waals surface area contributed by atoms with Crippen molar-refractivity contribution in [3.8, 4) is 12.8 Å². The van der Waals surface area contributed by atoms with Crippen LogP contribution in [0.4, 0.5) is 5.69 Å². The third-order valence-electron chi connectivity index (χ3n) is 5.97. The van der Waals surface area contributed by atoms with E-state index >= 15 is 0 Å². The van der Waals surface area contributed by atoms with E-state index in [0.717, 1.165) is 36.2 Å². The third-order valence-corrected chi connectivity index (χ3v) is 6.20. The van der Waals surface area contributed by atoms with E-state index in [0.29, 0.717) is 18.1 Å². The molecule has 3 atom stereocenters. The molecule has 2 aromatic carbocycles. The van der Waals surface area contributed by atoms with Crippen LogP contribution in [0.5, 0.6) is 0 Å². The molecule has 0 heterocycles. The average Bonchev–Trinajstić information content (AvgIpc) is 3.00. The van der Waals surface area contributed by atoms with E-state index in [2.05, 4.69) is 56.9 Å². The van der Waals surface area contributed by atoms with Crippen molar-refractivity contribution in [2.24, 2.45) is 11.1 Å². The summed E-state index contributed by atoms with van der Waals surface area (Å²) in [6, 6.07) is 15.4. The highest BCUT2D eigenvalue weighted by molar-refractivity contribution is 6.30. The molecule has 42 heavy (non-hydrogen) atoms. The molecule has 0 saturated heterocycles. The summed E-state index contributed by atoms with van der Waals surface area (Å²) in [4.78, 5) is 24.3. The van der Waals surface area contributed by atoms with Gasteiger partial charge in [-0.15, -0.1) is 12.8 Å². The molecule has 8 nitrogen and oxygen atoms in total. The molecule has 6 N–H and O–H groups in total. The normalized spacial score (nSPS) is 11.9. The number of nitrogens with zero attached hydrogens (tertiary/aromatic N) is 1. The quantitative estimate of drug-likeness (QED) is 0.158. The number of halogens is 1. The van der Waals surface area contributed by atoms with Crippen molar-refractivity contribution in [3.63, 3.8) is 0 Å². The fraction of sp³-hybridized carbons (Fsp3) is 0.515. The third kappa shape index (κ3) is 18.4. The first-order valence-corrected chi connectivity index (χ1v) is 14.7. The van der Waals surface area contributed by atoms with Gasteiger partial charge in [-0.05, 0) is 75.0 Å². The minimum Gasteiger partial charge on any atom is -0.390 e. The highest BCUT2D eigenvalue weighted by Crippen LogP contribution is 2.24. The van der Waals surface area contributed by atoms with Crippen molar-refractivity contribution < 1.29 is 19.8 Å². The molecule has 0 aromatic heterocycles. The summed E-state index contributed by atoms with van der Waals surface area (Å²) >= 11 is 5.99. The van der Waals surface area contributed by atoms with Crippen molar-refractivity contribution in [2.75, 3.05) is 25.5 Å². The van der Waals surface area contributed by atoms with Crippen LogP contribution in [0, 0.1) is 18.3 Å². The van der Waals surface area contributed by atoms with Gasteiger partial charge in [0.1, 0.15) is 0 Å². The number of benzene rings is 2. The molecular weight excluding hydrogens is 552 g/mol. The van der Waals surface area contributed by atoms with E-state index in [1.54, 1.807) is 17.0 Å². The van der Waals surface area contributed by atoms with Gasteiger partial charge in [0.2, 0.25) is 6.41 Å².